The predicted octanol–water partition coefficient (Wildman–Crippen LogP) is 3.56. The van der Waals surface area contributed by atoms with Gasteiger partial charge in [-0.3, -0.25) is 4.79 Å². The molecule has 2 aromatic rings. The van der Waals surface area contributed by atoms with Crippen LogP contribution in [0.3, 0.4) is 0 Å². The maximum Gasteiger partial charge on any atom is 0.258 e. The standard InChI is InChI=1S/C18H21NO2/c1-13-8-10-16(11-9-13)15(3)19-18(20)12-21-17-7-5-4-6-14(17)2/h4-11,15H,12H2,1-3H3,(H,19,20). The van der Waals surface area contributed by atoms with Crippen LogP contribution in [0.25, 0.3) is 0 Å². The van der Waals surface area contributed by atoms with Crippen LogP contribution in [0.4, 0.5) is 0 Å². The Bertz CT molecular complexity index is 605. The molecule has 0 bridgehead atoms. The molecule has 0 aromatic heterocycles. The molecule has 0 spiro atoms. The van der Waals surface area contributed by atoms with Gasteiger partial charge in [0, 0.05) is 0 Å². The van der Waals surface area contributed by atoms with E-state index in [0.29, 0.717) is 0 Å². The van der Waals surface area contributed by atoms with E-state index in [9.17, 15) is 4.79 Å². The molecule has 2 aromatic carbocycles. The molecule has 1 atom stereocenters. The van der Waals surface area contributed by atoms with E-state index in [0.717, 1.165) is 16.9 Å². The molecular formula is C18H21NO2. The Balaban J connectivity index is 1.87. The highest BCUT2D eigenvalue weighted by Crippen LogP contribution is 2.16. The molecule has 0 aliphatic carbocycles. The highest BCUT2D eigenvalue weighted by molar-refractivity contribution is 5.78. The minimum atomic E-state index is -0.119. The Morgan fingerprint density at radius 1 is 1.10 bits per heavy atom. The zero-order chi connectivity index (χ0) is 15.2. The minimum Gasteiger partial charge on any atom is -0.484 e. The molecule has 3 nitrogen and oxygen atoms in total. The molecule has 3 heteroatoms. The Hall–Kier alpha value is -2.29. The second-order valence-electron chi connectivity index (χ2n) is 5.25. The van der Waals surface area contributed by atoms with Crippen LogP contribution in [-0.2, 0) is 4.79 Å². The largest absolute Gasteiger partial charge is 0.484 e. The third kappa shape index (κ3) is 4.35. The van der Waals surface area contributed by atoms with Crippen molar-refractivity contribution < 1.29 is 9.53 Å². The fourth-order valence-corrected chi connectivity index (χ4v) is 2.08. The maximum absolute atomic E-state index is 11.9. The molecule has 0 saturated heterocycles. The molecule has 0 radical (unpaired) electrons. The summed E-state index contributed by atoms with van der Waals surface area (Å²) in [6, 6.07) is 15.8. The Morgan fingerprint density at radius 2 is 1.76 bits per heavy atom. The van der Waals surface area contributed by atoms with Gasteiger partial charge in [0.2, 0.25) is 0 Å². The SMILES string of the molecule is Cc1ccc(C(C)NC(=O)COc2ccccc2C)cc1. The van der Waals surface area contributed by atoms with Crippen LogP contribution in [0.5, 0.6) is 5.75 Å². The number of amides is 1. The summed E-state index contributed by atoms with van der Waals surface area (Å²) >= 11 is 0. The van der Waals surface area contributed by atoms with Gasteiger partial charge in [-0.2, -0.15) is 0 Å². The van der Waals surface area contributed by atoms with Crippen LogP contribution in [-0.4, -0.2) is 12.5 Å². The van der Waals surface area contributed by atoms with Crippen LogP contribution < -0.4 is 10.1 Å². The number of carbonyl (C=O) groups is 1. The van der Waals surface area contributed by atoms with Crippen molar-refractivity contribution >= 4 is 5.91 Å². The number of carbonyl (C=O) groups excluding carboxylic acids is 1. The topological polar surface area (TPSA) is 38.3 Å². The molecule has 0 fully saturated rings. The van der Waals surface area contributed by atoms with E-state index in [2.05, 4.69) is 5.32 Å². The van der Waals surface area contributed by atoms with Crippen molar-refractivity contribution in [3.63, 3.8) is 0 Å². The summed E-state index contributed by atoms with van der Waals surface area (Å²) in [7, 11) is 0. The molecule has 110 valence electrons. The van der Waals surface area contributed by atoms with E-state index in [-0.39, 0.29) is 18.6 Å². The van der Waals surface area contributed by atoms with Gasteiger partial charge in [0.15, 0.2) is 6.61 Å². The summed E-state index contributed by atoms with van der Waals surface area (Å²) in [5.74, 6) is 0.627. The Kier molecular flexibility index (Phi) is 4.99. The second kappa shape index (κ2) is 6.93. The zero-order valence-corrected chi connectivity index (χ0v) is 12.7. The first-order valence-electron chi connectivity index (χ1n) is 7.10. The number of ether oxygens (including phenoxy) is 1. The molecule has 0 saturated carbocycles. The van der Waals surface area contributed by atoms with E-state index in [1.54, 1.807) is 0 Å². The number of benzene rings is 2. The first-order chi connectivity index (χ1) is 10.1. The van der Waals surface area contributed by atoms with E-state index in [4.69, 9.17) is 4.74 Å². The van der Waals surface area contributed by atoms with E-state index >= 15 is 0 Å². The molecule has 0 aliphatic heterocycles. The van der Waals surface area contributed by atoms with Crippen LogP contribution in [0.15, 0.2) is 48.5 Å². The summed E-state index contributed by atoms with van der Waals surface area (Å²) in [6.45, 7) is 6.00. The molecule has 0 aliphatic rings. The van der Waals surface area contributed by atoms with Gasteiger partial charge in [0.25, 0.3) is 5.91 Å². The first kappa shape index (κ1) is 15.1. The molecule has 21 heavy (non-hydrogen) atoms. The predicted molar refractivity (Wildman–Crippen MR) is 84.4 cm³/mol. The molecule has 2 rings (SSSR count). The third-order valence-electron chi connectivity index (χ3n) is 3.41. The average Bonchev–Trinajstić information content (AvgIpc) is 2.47. The molecule has 1 N–H and O–H groups in total. The molecule has 1 unspecified atom stereocenters. The van der Waals surface area contributed by atoms with Crippen molar-refractivity contribution in [1.82, 2.24) is 5.32 Å². The molecular weight excluding hydrogens is 262 g/mol. The average molecular weight is 283 g/mol. The number of para-hydroxylation sites is 1. The van der Waals surface area contributed by atoms with Crippen LogP contribution in [0.2, 0.25) is 0 Å². The summed E-state index contributed by atoms with van der Waals surface area (Å²) in [5.41, 5.74) is 3.32. The Morgan fingerprint density at radius 3 is 2.43 bits per heavy atom. The van der Waals surface area contributed by atoms with Crippen molar-refractivity contribution in [3.05, 3.63) is 65.2 Å². The number of rotatable bonds is 5. The van der Waals surface area contributed by atoms with Crippen molar-refractivity contribution in [2.45, 2.75) is 26.8 Å². The van der Waals surface area contributed by atoms with Gasteiger partial charge < -0.3 is 10.1 Å². The zero-order valence-electron chi connectivity index (χ0n) is 12.7. The van der Waals surface area contributed by atoms with Gasteiger partial charge in [0.1, 0.15) is 5.75 Å². The fourth-order valence-electron chi connectivity index (χ4n) is 2.08. The Labute approximate surface area is 126 Å². The first-order valence-corrected chi connectivity index (χ1v) is 7.10. The van der Waals surface area contributed by atoms with Crippen LogP contribution in [0, 0.1) is 13.8 Å². The lowest BCUT2D eigenvalue weighted by atomic mass is 10.1. The van der Waals surface area contributed by atoms with Crippen LogP contribution >= 0.6 is 0 Å². The number of nitrogens with one attached hydrogen (secondary N) is 1. The normalized spacial score (nSPS) is 11.8. The van der Waals surface area contributed by atoms with E-state index in [1.165, 1.54) is 5.56 Å². The smallest absolute Gasteiger partial charge is 0.258 e. The van der Waals surface area contributed by atoms with Crippen molar-refractivity contribution in [3.8, 4) is 5.75 Å². The molecule has 1 amide bonds. The summed E-state index contributed by atoms with van der Waals surface area (Å²) in [6.07, 6.45) is 0. The summed E-state index contributed by atoms with van der Waals surface area (Å²) in [5, 5.41) is 2.94. The quantitative estimate of drug-likeness (QED) is 0.911. The highest BCUT2D eigenvalue weighted by atomic mass is 16.5. The minimum absolute atomic E-state index is 0.0288. The lowest BCUT2D eigenvalue weighted by Gasteiger charge is -2.15. The highest BCUT2D eigenvalue weighted by Gasteiger charge is 2.10. The summed E-state index contributed by atoms with van der Waals surface area (Å²) in [4.78, 5) is 11.9. The second-order valence-corrected chi connectivity index (χ2v) is 5.25. The lowest BCUT2D eigenvalue weighted by Crippen LogP contribution is -2.31. The van der Waals surface area contributed by atoms with Gasteiger partial charge in [-0.1, -0.05) is 48.0 Å². The summed E-state index contributed by atoms with van der Waals surface area (Å²) < 4.78 is 5.54. The number of hydrogen-bond donors (Lipinski definition) is 1. The van der Waals surface area contributed by atoms with Gasteiger partial charge in [-0.15, -0.1) is 0 Å². The van der Waals surface area contributed by atoms with E-state index < -0.39 is 0 Å². The van der Waals surface area contributed by atoms with Gasteiger partial charge >= 0.3 is 0 Å². The third-order valence-corrected chi connectivity index (χ3v) is 3.41. The number of hydrogen-bond acceptors (Lipinski definition) is 2. The van der Waals surface area contributed by atoms with Gasteiger partial charge in [-0.25, -0.2) is 0 Å². The van der Waals surface area contributed by atoms with E-state index in [1.807, 2.05) is 69.3 Å². The van der Waals surface area contributed by atoms with Crippen molar-refractivity contribution in [2.75, 3.05) is 6.61 Å². The van der Waals surface area contributed by atoms with Crippen molar-refractivity contribution in [1.29, 1.82) is 0 Å². The lowest BCUT2D eigenvalue weighted by molar-refractivity contribution is -0.123. The van der Waals surface area contributed by atoms with Crippen LogP contribution in [0.1, 0.15) is 29.7 Å². The maximum atomic E-state index is 11.9. The van der Waals surface area contributed by atoms with Gasteiger partial charge in [-0.05, 0) is 38.0 Å². The van der Waals surface area contributed by atoms with Gasteiger partial charge in [0.05, 0.1) is 6.04 Å². The monoisotopic (exact) mass is 283 g/mol. The fraction of sp³-hybridized carbons (Fsp3) is 0.278. The van der Waals surface area contributed by atoms with Crippen molar-refractivity contribution in [2.24, 2.45) is 0 Å². The molecule has 0 heterocycles. The number of aryl methyl sites for hydroxylation is 2.